The fourth-order valence-corrected chi connectivity index (χ4v) is 2.78. The highest BCUT2D eigenvalue weighted by Gasteiger charge is 2.21. The molecule has 0 unspecified atom stereocenters. The first-order chi connectivity index (χ1) is 13.6. The van der Waals surface area contributed by atoms with Gasteiger partial charge >= 0.3 is 0 Å². The number of nitrogens with one attached hydrogen (secondary N) is 3. The molecule has 0 spiro atoms. The van der Waals surface area contributed by atoms with Crippen molar-refractivity contribution in [3.8, 4) is 0 Å². The minimum atomic E-state index is -0.116. The van der Waals surface area contributed by atoms with Crippen molar-refractivity contribution in [1.29, 1.82) is 0 Å². The van der Waals surface area contributed by atoms with Crippen LogP contribution in [0.25, 0.3) is 0 Å². The van der Waals surface area contributed by atoms with E-state index < -0.39 is 0 Å². The molecule has 1 fully saturated rings. The normalized spacial score (nSPS) is 14.1. The highest BCUT2D eigenvalue weighted by atomic mass is 127. The van der Waals surface area contributed by atoms with Gasteiger partial charge in [0.05, 0.1) is 13.1 Å². The van der Waals surface area contributed by atoms with Crippen LogP contribution in [0.2, 0.25) is 0 Å². The lowest BCUT2D eigenvalue weighted by atomic mass is 10.1. The zero-order valence-electron chi connectivity index (χ0n) is 17.2. The number of benzene rings is 1. The van der Waals surface area contributed by atoms with E-state index in [1.807, 2.05) is 26.0 Å². The molecule has 9 heteroatoms. The molecule has 1 aromatic carbocycles. The van der Waals surface area contributed by atoms with Gasteiger partial charge in [-0.05, 0) is 38.0 Å². The summed E-state index contributed by atoms with van der Waals surface area (Å²) >= 11 is 0. The van der Waals surface area contributed by atoms with Crippen LogP contribution in [0.1, 0.15) is 36.2 Å². The SMILES string of the molecule is CCNC(=NCc1ccc(C(=O)N2CCNC(=O)C2)cc1)NCCCOCC.I. The van der Waals surface area contributed by atoms with E-state index in [0.29, 0.717) is 25.2 Å². The molecule has 1 saturated heterocycles. The van der Waals surface area contributed by atoms with Crippen LogP contribution in [0.4, 0.5) is 0 Å². The zero-order valence-corrected chi connectivity index (χ0v) is 19.5. The summed E-state index contributed by atoms with van der Waals surface area (Å²) in [6.45, 7) is 8.73. The third kappa shape index (κ3) is 8.99. The molecule has 1 aliphatic heterocycles. The van der Waals surface area contributed by atoms with Crippen molar-refractivity contribution in [2.45, 2.75) is 26.8 Å². The molecular weight excluding hydrogens is 485 g/mol. The molecular formula is C20H32IN5O3. The number of guanidine groups is 1. The average molecular weight is 517 g/mol. The standard InChI is InChI=1S/C20H31N5O3.HI/c1-3-21-20(23-10-5-13-28-4-2)24-14-16-6-8-17(9-7-16)19(27)25-12-11-22-18(26)15-25;/h6-9H,3-5,10-15H2,1-2H3,(H,22,26)(H2,21,23,24);1H. The molecule has 8 nitrogen and oxygen atoms in total. The van der Waals surface area contributed by atoms with Crippen molar-refractivity contribution in [2.75, 3.05) is 45.9 Å². The number of aliphatic imine (C=N–C) groups is 1. The number of nitrogens with zero attached hydrogens (tertiary/aromatic N) is 2. The summed E-state index contributed by atoms with van der Waals surface area (Å²) in [5, 5.41) is 9.23. The predicted octanol–water partition coefficient (Wildman–Crippen LogP) is 1.36. The first-order valence-corrected chi connectivity index (χ1v) is 9.88. The van der Waals surface area contributed by atoms with E-state index in [0.717, 1.165) is 44.2 Å². The maximum Gasteiger partial charge on any atom is 0.254 e. The van der Waals surface area contributed by atoms with Gasteiger partial charge in [0.25, 0.3) is 5.91 Å². The summed E-state index contributed by atoms with van der Waals surface area (Å²) < 4.78 is 5.33. The minimum absolute atomic E-state index is 0. The molecule has 29 heavy (non-hydrogen) atoms. The van der Waals surface area contributed by atoms with Gasteiger partial charge in [-0.3, -0.25) is 9.59 Å². The summed E-state index contributed by atoms with van der Waals surface area (Å²) in [7, 11) is 0. The van der Waals surface area contributed by atoms with Crippen LogP contribution >= 0.6 is 24.0 Å². The lowest BCUT2D eigenvalue weighted by Crippen LogP contribution is -2.49. The van der Waals surface area contributed by atoms with Crippen LogP contribution in [-0.4, -0.2) is 68.6 Å². The number of carbonyl (C=O) groups excluding carboxylic acids is 2. The highest BCUT2D eigenvalue weighted by molar-refractivity contribution is 14.0. The zero-order chi connectivity index (χ0) is 20.2. The van der Waals surface area contributed by atoms with Gasteiger partial charge in [-0.15, -0.1) is 24.0 Å². The fraction of sp³-hybridized carbons (Fsp3) is 0.550. The smallest absolute Gasteiger partial charge is 0.254 e. The third-order valence-corrected chi connectivity index (χ3v) is 4.25. The minimum Gasteiger partial charge on any atom is -0.382 e. The second-order valence-corrected chi connectivity index (χ2v) is 6.45. The number of rotatable bonds is 9. The molecule has 3 N–H and O–H groups in total. The van der Waals surface area contributed by atoms with Gasteiger partial charge in [0, 0.05) is 45.0 Å². The van der Waals surface area contributed by atoms with E-state index in [1.165, 1.54) is 0 Å². The Morgan fingerprint density at radius 3 is 2.66 bits per heavy atom. The van der Waals surface area contributed by atoms with E-state index in [9.17, 15) is 9.59 Å². The molecule has 0 aromatic heterocycles. The van der Waals surface area contributed by atoms with Gasteiger partial charge in [-0.2, -0.15) is 0 Å². The van der Waals surface area contributed by atoms with Crippen molar-refractivity contribution in [3.05, 3.63) is 35.4 Å². The second-order valence-electron chi connectivity index (χ2n) is 6.45. The summed E-state index contributed by atoms with van der Waals surface area (Å²) in [4.78, 5) is 30.1. The number of amides is 2. The lowest BCUT2D eigenvalue weighted by Gasteiger charge is -2.26. The number of halogens is 1. The highest BCUT2D eigenvalue weighted by Crippen LogP contribution is 2.10. The Morgan fingerprint density at radius 1 is 1.24 bits per heavy atom. The van der Waals surface area contributed by atoms with Crippen LogP contribution in [-0.2, 0) is 16.1 Å². The molecule has 0 radical (unpaired) electrons. The van der Waals surface area contributed by atoms with Crippen LogP contribution in [0.3, 0.4) is 0 Å². The summed E-state index contributed by atoms with van der Waals surface area (Å²) in [5.74, 6) is 0.531. The molecule has 0 bridgehead atoms. The number of carbonyl (C=O) groups is 2. The molecule has 0 saturated carbocycles. The molecule has 1 aliphatic rings. The molecule has 0 aliphatic carbocycles. The van der Waals surface area contributed by atoms with Crippen LogP contribution in [0.5, 0.6) is 0 Å². The Hall–Kier alpha value is -1.88. The van der Waals surface area contributed by atoms with Crippen molar-refractivity contribution in [2.24, 2.45) is 4.99 Å². The van der Waals surface area contributed by atoms with Crippen molar-refractivity contribution in [3.63, 3.8) is 0 Å². The first kappa shape index (κ1) is 25.2. The molecule has 1 heterocycles. The van der Waals surface area contributed by atoms with Gasteiger partial charge in [0.1, 0.15) is 0 Å². The maximum atomic E-state index is 12.5. The first-order valence-electron chi connectivity index (χ1n) is 9.88. The van der Waals surface area contributed by atoms with Gasteiger partial charge in [0.2, 0.25) is 5.91 Å². The molecule has 0 atom stereocenters. The van der Waals surface area contributed by atoms with Gasteiger partial charge in [-0.1, -0.05) is 12.1 Å². The van der Waals surface area contributed by atoms with E-state index >= 15 is 0 Å². The summed E-state index contributed by atoms with van der Waals surface area (Å²) in [6, 6.07) is 7.39. The van der Waals surface area contributed by atoms with Gasteiger partial charge in [0.15, 0.2) is 5.96 Å². The Kier molecular flexibility index (Phi) is 12.3. The van der Waals surface area contributed by atoms with E-state index in [4.69, 9.17) is 4.74 Å². The average Bonchev–Trinajstić information content (AvgIpc) is 2.71. The van der Waals surface area contributed by atoms with Crippen LogP contribution in [0, 0.1) is 0 Å². The molecule has 2 amide bonds. The van der Waals surface area contributed by atoms with Gasteiger partial charge < -0.3 is 25.6 Å². The summed E-state index contributed by atoms with van der Waals surface area (Å²) in [6.07, 6.45) is 0.920. The Labute approximate surface area is 189 Å². The van der Waals surface area contributed by atoms with Gasteiger partial charge in [-0.25, -0.2) is 4.99 Å². The number of hydrogen-bond donors (Lipinski definition) is 3. The van der Waals surface area contributed by atoms with Crippen molar-refractivity contribution in [1.82, 2.24) is 20.9 Å². The summed E-state index contributed by atoms with van der Waals surface area (Å²) in [5.41, 5.74) is 1.60. The Balaban J connectivity index is 0.00000420. The third-order valence-electron chi connectivity index (χ3n) is 4.25. The Bertz CT molecular complexity index is 667. The number of hydrogen-bond acceptors (Lipinski definition) is 4. The Morgan fingerprint density at radius 2 is 2.00 bits per heavy atom. The monoisotopic (exact) mass is 517 g/mol. The number of piperazine rings is 1. The van der Waals surface area contributed by atoms with Crippen molar-refractivity contribution >= 4 is 41.8 Å². The molecule has 1 aromatic rings. The number of ether oxygens (including phenoxy) is 1. The van der Waals surface area contributed by atoms with E-state index in [-0.39, 0.29) is 42.3 Å². The fourth-order valence-electron chi connectivity index (χ4n) is 2.78. The van der Waals surface area contributed by atoms with Crippen LogP contribution in [0.15, 0.2) is 29.3 Å². The van der Waals surface area contributed by atoms with E-state index in [2.05, 4.69) is 20.9 Å². The largest absolute Gasteiger partial charge is 0.382 e. The second kappa shape index (κ2) is 14.2. The predicted molar refractivity (Wildman–Crippen MR) is 125 cm³/mol. The van der Waals surface area contributed by atoms with Crippen molar-refractivity contribution < 1.29 is 14.3 Å². The lowest BCUT2D eigenvalue weighted by molar-refractivity contribution is -0.123. The maximum absolute atomic E-state index is 12.5. The molecule has 2 rings (SSSR count). The van der Waals surface area contributed by atoms with E-state index in [1.54, 1.807) is 17.0 Å². The quantitative estimate of drug-likeness (QED) is 0.199. The molecule has 162 valence electrons. The topological polar surface area (TPSA) is 95.1 Å². The van der Waals surface area contributed by atoms with Crippen LogP contribution < -0.4 is 16.0 Å².